The first kappa shape index (κ1) is 28.1. The lowest BCUT2D eigenvalue weighted by Crippen LogP contribution is -2.40. The topological polar surface area (TPSA) is 39.7 Å². The number of nitrogens with one attached hydrogen (secondary N) is 1. The number of benzene rings is 4. The predicted molar refractivity (Wildman–Crippen MR) is 153 cm³/mol. The van der Waals surface area contributed by atoms with Gasteiger partial charge in [-0.1, -0.05) is 60.7 Å². The summed E-state index contributed by atoms with van der Waals surface area (Å²) in [5.41, 5.74) is 3.46. The molecule has 0 aromatic heterocycles. The van der Waals surface area contributed by atoms with Crippen LogP contribution in [0.3, 0.4) is 0 Å². The molecule has 4 aromatic rings. The van der Waals surface area contributed by atoms with Crippen LogP contribution in [0.2, 0.25) is 0 Å². The first-order valence-electron chi connectivity index (χ1n) is 13.1. The lowest BCUT2D eigenvalue weighted by Gasteiger charge is -2.32. The Morgan fingerprint density at radius 1 is 0.789 bits per heavy atom. The summed E-state index contributed by atoms with van der Waals surface area (Å²) in [5, 5.41) is 5.99. The second-order valence-electron chi connectivity index (χ2n) is 9.58. The van der Waals surface area contributed by atoms with E-state index >= 15 is 0 Å². The molecule has 0 amide bonds. The summed E-state index contributed by atoms with van der Waals surface area (Å²) < 4.78 is 31.0. The van der Waals surface area contributed by atoms with Crippen molar-refractivity contribution in [1.82, 2.24) is 5.32 Å². The average Bonchev–Trinajstić information content (AvgIpc) is 2.95. The predicted octanol–water partition coefficient (Wildman–Crippen LogP) is 7.05. The molecule has 1 fully saturated rings. The van der Waals surface area contributed by atoms with E-state index in [4.69, 9.17) is 14.2 Å². The lowest BCUT2D eigenvalue weighted by molar-refractivity contribution is 0.0106. The van der Waals surface area contributed by atoms with Gasteiger partial charge in [-0.25, -0.2) is 4.39 Å². The number of rotatable bonds is 11. The van der Waals surface area contributed by atoms with Crippen LogP contribution < -0.4 is 10.1 Å². The fourth-order valence-electron chi connectivity index (χ4n) is 4.85. The van der Waals surface area contributed by atoms with Gasteiger partial charge in [0.05, 0.1) is 32.5 Å². The van der Waals surface area contributed by atoms with Crippen LogP contribution in [0.1, 0.15) is 35.4 Å². The summed E-state index contributed by atoms with van der Waals surface area (Å²) >= 11 is 0. The average molecular weight is 536 g/mol. The number of fused-ring (bicyclic) bond motifs is 1. The summed E-state index contributed by atoms with van der Waals surface area (Å²) in [5.74, 6) is 0.993. The minimum absolute atomic E-state index is 0. The summed E-state index contributed by atoms with van der Waals surface area (Å²) in [6, 6.07) is 29.8. The molecule has 1 heterocycles. The van der Waals surface area contributed by atoms with Crippen LogP contribution in [0.5, 0.6) is 5.75 Å². The van der Waals surface area contributed by atoms with Gasteiger partial charge in [0.25, 0.3) is 0 Å². The maximum absolute atomic E-state index is 13.0. The normalized spacial score (nSPS) is 17.2. The van der Waals surface area contributed by atoms with Gasteiger partial charge in [0, 0.05) is 18.9 Å². The lowest BCUT2D eigenvalue weighted by atomic mass is 9.87. The third-order valence-electron chi connectivity index (χ3n) is 6.90. The van der Waals surface area contributed by atoms with E-state index < -0.39 is 0 Å². The Morgan fingerprint density at radius 2 is 1.55 bits per heavy atom. The monoisotopic (exact) mass is 535 g/mol. The molecular weight excluding hydrogens is 501 g/mol. The van der Waals surface area contributed by atoms with Crippen molar-refractivity contribution in [1.29, 1.82) is 0 Å². The molecule has 1 N–H and O–H groups in total. The standard InChI is InChI=1S/C32H34FNO3.ClH/c33-29-12-7-24(8-13-29)22-35-18-3-19-36-30-14-10-27(11-15-30)31-16-17-34-21-32(31)37-23-25-6-9-26-4-1-2-5-28(26)20-25;/h1-2,4-15,20,31-32,34H,3,16-19,21-23H2;1H. The zero-order valence-corrected chi connectivity index (χ0v) is 22.3. The Hall–Kier alpha value is -2.96. The van der Waals surface area contributed by atoms with Gasteiger partial charge in [0.2, 0.25) is 0 Å². The molecule has 0 radical (unpaired) electrons. The van der Waals surface area contributed by atoms with Crippen molar-refractivity contribution >= 4 is 23.2 Å². The third-order valence-corrected chi connectivity index (χ3v) is 6.90. The van der Waals surface area contributed by atoms with Crippen molar-refractivity contribution in [3.8, 4) is 5.75 Å². The van der Waals surface area contributed by atoms with E-state index in [9.17, 15) is 4.39 Å². The summed E-state index contributed by atoms with van der Waals surface area (Å²) in [7, 11) is 0. The minimum atomic E-state index is -0.229. The Balaban J connectivity index is 0.00000336. The molecule has 1 saturated heterocycles. The summed E-state index contributed by atoms with van der Waals surface area (Å²) in [6.07, 6.45) is 1.97. The second kappa shape index (κ2) is 14.3. The van der Waals surface area contributed by atoms with E-state index in [1.54, 1.807) is 12.1 Å². The van der Waals surface area contributed by atoms with Crippen molar-refractivity contribution < 1.29 is 18.6 Å². The Morgan fingerprint density at radius 3 is 2.37 bits per heavy atom. The number of halogens is 2. The molecule has 1 aliphatic rings. The second-order valence-corrected chi connectivity index (χ2v) is 9.58. The van der Waals surface area contributed by atoms with Gasteiger partial charge in [-0.3, -0.25) is 0 Å². The van der Waals surface area contributed by atoms with Crippen LogP contribution in [-0.2, 0) is 22.7 Å². The molecule has 0 aliphatic carbocycles. The van der Waals surface area contributed by atoms with Crippen LogP contribution in [0.4, 0.5) is 4.39 Å². The van der Waals surface area contributed by atoms with Crippen LogP contribution in [0.15, 0.2) is 91.0 Å². The van der Waals surface area contributed by atoms with E-state index in [-0.39, 0.29) is 24.3 Å². The molecule has 0 bridgehead atoms. The van der Waals surface area contributed by atoms with Gasteiger partial charge >= 0.3 is 0 Å². The molecule has 1 aliphatic heterocycles. The van der Waals surface area contributed by atoms with Crippen molar-refractivity contribution in [2.24, 2.45) is 0 Å². The molecule has 6 heteroatoms. The molecule has 0 saturated carbocycles. The largest absolute Gasteiger partial charge is 0.494 e. The number of ether oxygens (including phenoxy) is 3. The molecule has 2 unspecified atom stereocenters. The number of hydrogen-bond donors (Lipinski definition) is 1. The van der Waals surface area contributed by atoms with E-state index in [1.807, 2.05) is 0 Å². The molecule has 5 rings (SSSR count). The maximum Gasteiger partial charge on any atom is 0.123 e. The molecule has 4 nitrogen and oxygen atoms in total. The van der Waals surface area contributed by atoms with E-state index in [1.165, 1.54) is 34.0 Å². The van der Waals surface area contributed by atoms with E-state index in [2.05, 4.69) is 72.0 Å². The van der Waals surface area contributed by atoms with Crippen molar-refractivity contribution in [3.63, 3.8) is 0 Å². The van der Waals surface area contributed by atoms with Crippen LogP contribution in [0, 0.1) is 5.82 Å². The quantitative estimate of drug-likeness (QED) is 0.209. The first-order chi connectivity index (χ1) is 18.2. The SMILES string of the molecule is Cl.Fc1ccc(COCCCOc2ccc(C3CCNCC3OCc3ccc4ccccc4c3)cc2)cc1. The fourth-order valence-corrected chi connectivity index (χ4v) is 4.85. The molecule has 38 heavy (non-hydrogen) atoms. The van der Waals surface area contributed by atoms with Crippen LogP contribution in [0.25, 0.3) is 10.8 Å². The van der Waals surface area contributed by atoms with Crippen molar-refractivity contribution in [2.45, 2.75) is 38.1 Å². The van der Waals surface area contributed by atoms with Gasteiger partial charge in [0.1, 0.15) is 11.6 Å². The number of hydrogen-bond acceptors (Lipinski definition) is 4. The van der Waals surface area contributed by atoms with Crippen molar-refractivity contribution in [3.05, 3.63) is 114 Å². The maximum atomic E-state index is 13.0. The van der Waals surface area contributed by atoms with Gasteiger partial charge in [0.15, 0.2) is 0 Å². The first-order valence-corrected chi connectivity index (χ1v) is 13.1. The van der Waals surface area contributed by atoms with Crippen LogP contribution in [-0.4, -0.2) is 32.4 Å². The third kappa shape index (κ3) is 7.78. The number of piperidine rings is 1. The van der Waals surface area contributed by atoms with Crippen LogP contribution >= 0.6 is 12.4 Å². The summed E-state index contributed by atoms with van der Waals surface area (Å²) in [6.45, 7) is 4.13. The Bertz CT molecular complexity index is 1270. The zero-order chi connectivity index (χ0) is 25.3. The molecular formula is C32H35ClFNO3. The van der Waals surface area contributed by atoms with Gasteiger partial charge in [-0.05, 0) is 70.8 Å². The summed E-state index contributed by atoms with van der Waals surface area (Å²) in [4.78, 5) is 0. The highest BCUT2D eigenvalue weighted by molar-refractivity contribution is 5.85. The highest BCUT2D eigenvalue weighted by Crippen LogP contribution is 2.30. The highest BCUT2D eigenvalue weighted by Gasteiger charge is 2.27. The zero-order valence-electron chi connectivity index (χ0n) is 21.5. The highest BCUT2D eigenvalue weighted by atomic mass is 35.5. The van der Waals surface area contributed by atoms with E-state index in [0.717, 1.165) is 37.2 Å². The Labute approximate surface area is 230 Å². The Kier molecular flexibility index (Phi) is 10.5. The van der Waals surface area contributed by atoms with Gasteiger partial charge in [-0.15, -0.1) is 12.4 Å². The van der Waals surface area contributed by atoms with Crippen molar-refractivity contribution in [2.75, 3.05) is 26.3 Å². The fraction of sp³-hybridized carbons (Fsp3) is 0.312. The molecule has 200 valence electrons. The molecule has 4 aromatic carbocycles. The molecule has 0 spiro atoms. The smallest absolute Gasteiger partial charge is 0.123 e. The minimum Gasteiger partial charge on any atom is -0.494 e. The molecule has 2 atom stereocenters. The van der Waals surface area contributed by atoms with E-state index in [0.29, 0.717) is 32.3 Å². The van der Waals surface area contributed by atoms with Gasteiger partial charge < -0.3 is 19.5 Å². The van der Waals surface area contributed by atoms with Gasteiger partial charge in [-0.2, -0.15) is 0 Å².